The van der Waals surface area contributed by atoms with Gasteiger partial charge in [0.25, 0.3) is 0 Å². The number of hydrogen-bond donors (Lipinski definition) is 4. The molecule has 1 aromatic rings. The molecule has 0 aromatic heterocycles. The van der Waals surface area contributed by atoms with E-state index in [-0.39, 0.29) is 6.04 Å². The summed E-state index contributed by atoms with van der Waals surface area (Å²) in [7, 11) is 0. The normalized spacial score (nSPS) is 22.0. The lowest BCUT2D eigenvalue weighted by molar-refractivity contribution is -0.139. The molecule has 1 heterocycles. The summed E-state index contributed by atoms with van der Waals surface area (Å²) < 4.78 is 0. The van der Waals surface area contributed by atoms with Gasteiger partial charge in [-0.1, -0.05) is 30.3 Å². The summed E-state index contributed by atoms with van der Waals surface area (Å²) in [5.41, 5.74) is 6.30. The lowest BCUT2D eigenvalue weighted by atomic mass is 10.1. The van der Waals surface area contributed by atoms with Crippen LogP contribution >= 0.6 is 0 Å². The van der Waals surface area contributed by atoms with Crippen LogP contribution in [0.15, 0.2) is 30.3 Å². The Labute approximate surface area is 124 Å². The predicted octanol–water partition coefficient (Wildman–Crippen LogP) is 0.853. The summed E-state index contributed by atoms with van der Waals surface area (Å²) in [5.74, 6) is -1.68. The van der Waals surface area contributed by atoms with Crippen molar-refractivity contribution in [1.82, 2.24) is 5.32 Å². The maximum atomic E-state index is 10.4. The van der Waals surface area contributed by atoms with Gasteiger partial charge >= 0.3 is 11.9 Å². The topological polar surface area (TPSA) is 113 Å². The molecule has 0 aliphatic carbocycles. The van der Waals surface area contributed by atoms with E-state index in [1.807, 2.05) is 37.3 Å². The monoisotopic (exact) mass is 294 g/mol. The number of carboxylic acids is 2. The van der Waals surface area contributed by atoms with Crippen molar-refractivity contribution in [2.45, 2.75) is 44.3 Å². The van der Waals surface area contributed by atoms with E-state index in [1.165, 1.54) is 0 Å². The highest BCUT2D eigenvalue weighted by Gasteiger charge is 2.25. The number of benzene rings is 1. The second-order valence-electron chi connectivity index (χ2n) is 5.17. The number of rotatable bonds is 4. The molecule has 1 aliphatic rings. The smallest absolute Gasteiger partial charge is 0.320 e. The third kappa shape index (κ3) is 6.37. The van der Waals surface area contributed by atoms with Crippen LogP contribution in [0.4, 0.5) is 0 Å². The number of nitrogens with one attached hydrogen (secondary N) is 1. The predicted molar refractivity (Wildman–Crippen MR) is 79.0 cm³/mol. The van der Waals surface area contributed by atoms with Gasteiger partial charge in [-0.15, -0.1) is 0 Å². The molecule has 1 saturated heterocycles. The van der Waals surface area contributed by atoms with E-state index in [0.717, 1.165) is 18.4 Å². The quantitative estimate of drug-likeness (QED) is 0.655. The van der Waals surface area contributed by atoms with Crippen molar-refractivity contribution in [1.29, 1.82) is 0 Å². The second-order valence-corrected chi connectivity index (χ2v) is 5.17. The summed E-state index contributed by atoms with van der Waals surface area (Å²) in [6.07, 6.45) is 2.14. The molecular weight excluding hydrogens is 272 g/mol. The fraction of sp³-hybridized carbons (Fsp3) is 0.467. The van der Waals surface area contributed by atoms with E-state index >= 15 is 0 Å². The molecule has 1 unspecified atom stereocenters. The lowest BCUT2D eigenvalue weighted by Crippen LogP contribution is -2.33. The van der Waals surface area contributed by atoms with Gasteiger partial charge in [-0.05, 0) is 31.7 Å². The number of carboxylic acid groups (broad SMARTS) is 2. The molecule has 1 fully saturated rings. The summed E-state index contributed by atoms with van der Waals surface area (Å²) in [4.78, 5) is 20.7. The number of hydrogen-bond acceptors (Lipinski definition) is 4. The van der Waals surface area contributed by atoms with Crippen molar-refractivity contribution in [2.75, 3.05) is 0 Å². The minimum Gasteiger partial charge on any atom is -0.480 e. The molecule has 1 aromatic carbocycles. The zero-order valence-corrected chi connectivity index (χ0v) is 12.0. The Morgan fingerprint density at radius 3 is 2.29 bits per heavy atom. The van der Waals surface area contributed by atoms with Crippen molar-refractivity contribution < 1.29 is 19.8 Å². The Bertz CT molecular complexity index is 464. The summed E-state index contributed by atoms with van der Waals surface area (Å²) >= 11 is 0. The molecule has 116 valence electrons. The van der Waals surface area contributed by atoms with Crippen molar-refractivity contribution in [2.24, 2.45) is 5.73 Å². The van der Waals surface area contributed by atoms with Crippen LogP contribution < -0.4 is 11.1 Å². The van der Waals surface area contributed by atoms with E-state index in [9.17, 15) is 9.59 Å². The van der Waals surface area contributed by atoms with Gasteiger partial charge in [-0.3, -0.25) is 9.59 Å². The zero-order chi connectivity index (χ0) is 15.8. The largest absolute Gasteiger partial charge is 0.480 e. The first-order chi connectivity index (χ1) is 9.90. The van der Waals surface area contributed by atoms with Crippen LogP contribution in [-0.4, -0.2) is 40.3 Å². The molecule has 2 rings (SSSR count). The van der Waals surface area contributed by atoms with E-state index < -0.39 is 18.0 Å². The van der Waals surface area contributed by atoms with Crippen molar-refractivity contribution >= 4 is 11.9 Å². The second kappa shape index (κ2) is 8.39. The van der Waals surface area contributed by atoms with Gasteiger partial charge in [0.1, 0.15) is 12.1 Å². The van der Waals surface area contributed by atoms with Crippen LogP contribution in [0.25, 0.3) is 0 Å². The van der Waals surface area contributed by atoms with E-state index in [1.54, 1.807) is 0 Å². The highest BCUT2D eigenvalue weighted by Crippen LogP contribution is 2.10. The highest BCUT2D eigenvalue weighted by atomic mass is 16.4. The SMILES string of the molecule is C[C@@H]1CCC(C(=O)O)N1.N[C@@H](Cc1ccccc1)C(=O)O. The fourth-order valence-corrected chi connectivity index (χ4v) is 2.08. The Balaban J connectivity index is 0.000000219. The van der Waals surface area contributed by atoms with Crippen LogP contribution in [0.1, 0.15) is 25.3 Å². The number of aliphatic carboxylic acids is 2. The maximum absolute atomic E-state index is 10.4. The van der Waals surface area contributed by atoms with Gasteiger partial charge in [0.15, 0.2) is 0 Å². The van der Waals surface area contributed by atoms with E-state index in [0.29, 0.717) is 12.5 Å². The first kappa shape index (κ1) is 17.1. The molecule has 0 spiro atoms. The van der Waals surface area contributed by atoms with Crippen molar-refractivity contribution in [3.05, 3.63) is 35.9 Å². The minimum absolute atomic E-state index is 0.292. The molecule has 21 heavy (non-hydrogen) atoms. The molecule has 6 heteroatoms. The molecule has 5 N–H and O–H groups in total. The van der Waals surface area contributed by atoms with Gasteiger partial charge in [-0.2, -0.15) is 0 Å². The van der Waals surface area contributed by atoms with Gasteiger partial charge in [-0.25, -0.2) is 0 Å². The van der Waals surface area contributed by atoms with Crippen LogP contribution in [0, 0.1) is 0 Å². The molecule has 0 radical (unpaired) electrons. The molecule has 0 saturated carbocycles. The maximum Gasteiger partial charge on any atom is 0.320 e. The van der Waals surface area contributed by atoms with Gasteiger partial charge < -0.3 is 21.3 Å². The third-order valence-electron chi connectivity index (χ3n) is 3.29. The lowest BCUT2D eigenvalue weighted by Gasteiger charge is -2.04. The first-order valence-corrected chi connectivity index (χ1v) is 6.91. The Morgan fingerprint density at radius 2 is 1.90 bits per heavy atom. The molecule has 3 atom stereocenters. The van der Waals surface area contributed by atoms with Crippen LogP contribution in [0.3, 0.4) is 0 Å². The molecular formula is C15H22N2O4. The molecule has 0 amide bonds. The minimum atomic E-state index is -0.959. The van der Waals surface area contributed by atoms with E-state index in [4.69, 9.17) is 15.9 Å². The van der Waals surface area contributed by atoms with Crippen LogP contribution in [0.2, 0.25) is 0 Å². The van der Waals surface area contributed by atoms with E-state index in [2.05, 4.69) is 5.32 Å². The first-order valence-electron chi connectivity index (χ1n) is 6.91. The summed E-state index contributed by atoms with van der Waals surface area (Å²) in [5, 5.41) is 19.9. The van der Waals surface area contributed by atoms with Crippen molar-refractivity contribution in [3.63, 3.8) is 0 Å². The average molecular weight is 294 g/mol. The van der Waals surface area contributed by atoms with Gasteiger partial charge in [0.2, 0.25) is 0 Å². The number of nitrogens with two attached hydrogens (primary N) is 1. The summed E-state index contributed by atoms with van der Waals surface area (Å²) in [6, 6.07) is 8.63. The fourth-order valence-electron chi connectivity index (χ4n) is 2.08. The zero-order valence-electron chi connectivity index (χ0n) is 12.0. The van der Waals surface area contributed by atoms with Gasteiger partial charge in [0, 0.05) is 6.04 Å². The molecule has 0 bridgehead atoms. The van der Waals surface area contributed by atoms with Gasteiger partial charge in [0.05, 0.1) is 0 Å². The summed E-state index contributed by atoms with van der Waals surface area (Å²) in [6.45, 7) is 2.00. The Morgan fingerprint density at radius 1 is 1.29 bits per heavy atom. The van der Waals surface area contributed by atoms with Crippen LogP contribution in [0.5, 0.6) is 0 Å². The number of carbonyl (C=O) groups is 2. The van der Waals surface area contributed by atoms with Crippen LogP contribution in [-0.2, 0) is 16.0 Å². The standard InChI is InChI=1S/C9H11NO2.C6H11NO2/c10-8(9(11)12)6-7-4-2-1-3-5-7;1-4-2-3-5(7-4)6(8)9/h1-5,8H,6,10H2,(H,11,12);4-5,7H,2-3H2,1H3,(H,8,9)/t8-;4-,5?/m01/s1. The Kier molecular flexibility index (Phi) is 6.84. The molecule has 1 aliphatic heterocycles. The molecule has 6 nitrogen and oxygen atoms in total. The highest BCUT2D eigenvalue weighted by molar-refractivity contribution is 5.74. The van der Waals surface area contributed by atoms with Crippen molar-refractivity contribution in [3.8, 4) is 0 Å². The Hall–Kier alpha value is -1.92. The average Bonchev–Trinajstić information content (AvgIpc) is 2.87. The third-order valence-corrected chi connectivity index (χ3v) is 3.29.